The molecule has 0 aliphatic heterocycles. The van der Waals surface area contributed by atoms with E-state index in [4.69, 9.17) is 39.6 Å². The van der Waals surface area contributed by atoms with E-state index in [1.54, 1.807) is 13.2 Å². The molecule has 284 valence electrons. The molecule has 2 rings (SSSR count). The van der Waals surface area contributed by atoms with Crippen LogP contribution in [0.4, 0.5) is 26.3 Å². The summed E-state index contributed by atoms with van der Waals surface area (Å²) >= 11 is 0. The first-order valence-corrected chi connectivity index (χ1v) is 16.2. The number of carbonyl (C=O) groups is 1. The van der Waals surface area contributed by atoms with E-state index in [1.807, 2.05) is 0 Å². The maximum Gasteiger partial charge on any atom is 0.534 e. The minimum Gasteiger partial charge on any atom is -0.507 e. The monoisotopic (exact) mass is 774 g/mol. The van der Waals surface area contributed by atoms with E-state index < -0.39 is 54.4 Å². The number of phenols is 1. The first-order valence-electron chi connectivity index (χ1n) is 13.4. The van der Waals surface area contributed by atoms with E-state index >= 15 is 0 Å². The lowest BCUT2D eigenvalue weighted by Gasteiger charge is -2.16. The molecular formula is C26H32F6N2O14S2. The molecule has 0 radical (unpaired) electrons. The highest BCUT2D eigenvalue weighted by atomic mass is 32.2. The molecule has 50 heavy (non-hydrogen) atoms. The Morgan fingerprint density at radius 1 is 0.720 bits per heavy atom. The van der Waals surface area contributed by atoms with Gasteiger partial charge in [-0.25, -0.2) is 0 Å². The second-order valence-corrected chi connectivity index (χ2v) is 12.0. The standard InChI is InChI=1S/C14H15F6NO9S2.C12H17NO5/c1-26-4-5-27-6-7-28-9-2-3-10(12(21)30-32(24,25)14(18,19)20)11(8-9)29-31(22,23)13(15,16)17;1-16-4-5-17-6-7-18-9-2-3-10(12(13)15)11(14)8-9/h2-3,8,21H,4-7H2,1H3;2-3,8,14H,4-7H2,1H3,(H2,13,15). The van der Waals surface area contributed by atoms with Crippen molar-refractivity contribution in [3.05, 3.63) is 47.5 Å². The third kappa shape index (κ3) is 14.8. The van der Waals surface area contributed by atoms with E-state index in [0.717, 1.165) is 6.07 Å². The summed E-state index contributed by atoms with van der Waals surface area (Å²) in [6.07, 6.45) is 0. The summed E-state index contributed by atoms with van der Waals surface area (Å²) in [6.45, 7) is 2.00. The molecule has 0 spiro atoms. The lowest BCUT2D eigenvalue weighted by Crippen LogP contribution is -2.30. The predicted octanol–water partition coefficient (Wildman–Crippen LogP) is 2.68. The van der Waals surface area contributed by atoms with Gasteiger partial charge in [0.1, 0.15) is 30.5 Å². The Morgan fingerprint density at radius 3 is 1.58 bits per heavy atom. The molecule has 0 aliphatic rings. The molecule has 0 saturated carbocycles. The number of carbonyl (C=O) groups excluding carboxylic acids is 1. The Bertz CT molecular complexity index is 1620. The summed E-state index contributed by atoms with van der Waals surface area (Å²) in [5.74, 6) is -4.00. The van der Waals surface area contributed by atoms with Crippen molar-refractivity contribution in [2.24, 2.45) is 5.73 Å². The fraction of sp³-hybridized carbons (Fsp3) is 0.462. The normalized spacial score (nSPS) is 12.0. The number of primary amides is 1. The fourth-order valence-electron chi connectivity index (χ4n) is 2.95. The number of hydrogen-bond acceptors (Lipinski definition) is 15. The first kappa shape index (κ1) is 43.9. The molecular weight excluding hydrogens is 742 g/mol. The summed E-state index contributed by atoms with van der Waals surface area (Å²) in [6, 6.07) is 6.25. The molecule has 0 unspecified atom stereocenters. The molecule has 16 nitrogen and oxygen atoms in total. The summed E-state index contributed by atoms with van der Waals surface area (Å²) in [5.41, 5.74) is -7.94. The highest BCUT2D eigenvalue weighted by Gasteiger charge is 2.50. The molecule has 0 heterocycles. The number of amides is 1. The highest BCUT2D eigenvalue weighted by molar-refractivity contribution is 7.88. The number of aromatic hydroxyl groups is 1. The van der Waals surface area contributed by atoms with Crippen molar-refractivity contribution >= 4 is 32.0 Å². The van der Waals surface area contributed by atoms with Gasteiger partial charge in [0.05, 0.1) is 50.8 Å². The van der Waals surface area contributed by atoms with Crippen molar-refractivity contribution in [3.8, 4) is 23.0 Å². The van der Waals surface area contributed by atoms with Crippen LogP contribution in [0, 0.1) is 5.41 Å². The predicted molar refractivity (Wildman–Crippen MR) is 158 cm³/mol. The smallest absolute Gasteiger partial charge is 0.507 e. The minimum absolute atomic E-state index is 0.0368. The SMILES string of the molecule is COCCOCCOc1ccc(C(=N)OS(=O)(=O)C(F)(F)F)c(OS(=O)(=O)C(F)(F)F)c1.COCCOCCOc1ccc(C(N)=O)c(O)c1. The molecule has 0 aliphatic carbocycles. The van der Waals surface area contributed by atoms with Crippen molar-refractivity contribution in [1.29, 1.82) is 5.41 Å². The molecule has 24 heteroatoms. The Kier molecular flexibility index (Phi) is 17.5. The number of alkyl halides is 6. The first-order chi connectivity index (χ1) is 23.2. The summed E-state index contributed by atoms with van der Waals surface area (Å²) in [5, 5.41) is 16.8. The van der Waals surface area contributed by atoms with E-state index in [0.29, 0.717) is 44.3 Å². The number of benzene rings is 2. The number of halogens is 6. The summed E-state index contributed by atoms with van der Waals surface area (Å²) in [7, 11) is -9.71. The Hall–Kier alpha value is -4.10. The van der Waals surface area contributed by atoms with E-state index in [-0.39, 0.29) is 43.5 Å². The molecule has 0 aromatic heterocycles. The van der Waals surface area contributed by atoms with Gasteiger partial charge < -0.3 is 47.6 Å². The topological polar surface area (TPSA) is 229 Å². The number of ether oxygens (including phenoxy) is 6. The van der Waals surface area contributed by atoms with Gasteiger partial charge in [-0.2, -0.15) is 43.2 Å². The van der Waals surface area contributed by atoms with Crippen molar-refractivity contribution in [3.63, 3.8) is 0 Å². The van der Waals surface area contributed by atoms with Gasteiger partial charge in [-0.15, -0.1) is 0 Å². The van der Waals surface area contributed by atoms with Gasteiger partial charge in [0, 0.05) is 26.4 Å². The van der Waals surface area contributed by atoms with Crippen LogP contribution < -0.4 is 19.4 Å². The zero-order valence-corrected chi connectivity index (χ0v) is 27.7. The van der Waals surface area contributed by atoms with Gasteiger partial charge in [0.2, 0.25) is 5.90 Å². The maximum absolute atomic E-state index is 12.6. The number of nitrogens with one attached hydrogen (secondary N) is 1. The van der Waals surface area contributed by atoms with Crippen LogP contribution in [0.25, 0.3) is 0 Å². The Morgan fingerprint density at radius 2 is 1.16 bits per heavy atom. The molecule has 1 amide bonds. The number of methoxy groups -OCH3 is 2. The molecule has 2 aromatic rings. The average Bonchev–Trinajstić information content (AvgIpc) is 2.99. The van der Waals surface area contributed by atoms with E-state index in [9.17, 15) is 53.1 Å². The van der Waals surface area contributed by atoms with E-state index in [2.05, 4.69) is 8.37 Å². The third-order valence-electron chi connectivity index (χ3n) is 5.25. The van der Waals surface area contributed by atoms with Crippen LogP contribution in [-0.4, -0.2) is 112 Å². The fourth-order valence-corrected chi connectivity index (χ4v) is 3.82. The van der Waals surface area contributed by atoms with Gasteiger partial charge in [-0.3, -0.25) is 10.2 Å². The Balaban J connectivity index is 0.000000585. The van der Waals surface area contributed by atoms with Crippen LogP contribution >= 0.6 is 0 Å². The summed E-state index contributed by atoms with van der Waals surface area (Å²) in [4.78, 5) is 10.9. The summed E-state index contributed by atoms with van der Waals surface area (Å²) < 4.78 is 157. The zero-order valence-electron chi connectivity index (χ0n) is 26.0. The van der Waals surface area contributed by atoms with Gasteiger partial charge in [0.25, 0.3) is 5.91 Å². The number of nitrogens with two attached hydrogens (primary N) is 1. The number of rotatable bonds is 19. The van der Waals surface area contributed by atoms with Crippen molar-refractivity contribution < 1.29 is 89.9 Å². The van der Waals surface area contributed by atoms with Crippen LogP contribution in [0.5, 0.6) is 23.0 Å². The third-order valence-corrected chi connectivity index (χ3v) is 7.17. The quantitative estimate of drug-likeness (QED) is 0.0466. The van der Waals surface area contributed by atoms with Crippen molar-refractivity contribution in [1.82, 2.24) is 0 Å². The molecule has 0 bridgehead atoms. The zero-order chi connectivity index (χ0) is 38.2. The van der Waals surface area contributed by atoms with Gasteiger partial charge in [0.15, 0.2) is 5.75 Å². The van der Waals surface area contributed by atoms with Crippen LogP contribution in [0.2, 0.25) is 0 Å². The van der Waals surface area contributed by atoms with Crippen LogP contribution in [-0.2, 0) is 43.4 Å². The molecule has 0 saturated heterocycles. The lowest BCUT2D eigenvalue weighted by molar-refractivity contribution is -0.0506. The Labute approximate surface area is 281 Å². The molecule has 0 fully saturated rings. The average molecular weight is 775 g/mol. The van der Waals surface area contributed by atoms with Crippen molar-refractivity contribution in [2.45, 2.75) is 11.0 Å². The van der Waals surface area contributed by atoms with Crippen LogP contribution in [0.1, 0.15) is 15.9 Å². The van der Waals surface area contributed by atoms with Gasteiger partial charge in [-0.1, -0.05) is 0 Å². The number of hydrogen-bond donors (Lipinski definition) is 3. The van der Waals surface area contributed by atoms with Crippen LogP contribution in [0.15, 0.2) is 36.4 Å². The molecule has 4 N–H and O–H groups in total. The van der Waals surface area contributed by atoms with Gasteiger partial charge in [-0.05, 0) is 24.3 Å². The minimum atomic E-state index is -6.38. The van der Waals surface area contributed by atoms with E-state index in [1.165, 1.54) is 19.2 Å². The lowest BCUT2D eigenvalue weighted by atomic mass is 10.2. The second kappa shape index (κ2) is 19.9. The highest BCUT2D eigenvalue weighted by Crippen LogP contribution is 2.33. The second-order valence-electron chi connectivity index (χ2n) is 8.90. The van der Waals surface area contributed by atoms with Crippen LogP contribution in [0.3, 0.4) is 0 Å². The molecule has 2 aromatic carbocycles. The maximum atomic E-state index is 12.6. The molecule has 0 atom stereocenters. The van der Waals surface area contributed by atoms with Crippen molar-refractivity contribution in [2.75, 3.05) is 67.1 Å². The van der Waals surface area contributed by atoms with Gasteiger partial charge >= 0.3 is 31.3 Å². The largest absolute Gasteiger partial charge is 0.534 e.